The summed E-state index contributed by atoms with van der Waals surface area (Å²) in [5.74, 6) is 0.890. The van der Waals surface area contributed by atoms with Crippen molar-refractivity contribution in [1.82, 2.24) is 5.43 Å². The molecule has 0 fully saturated rings. The van der Waals surface area contributed by atoms with Crippen molar-refractivity contribution in [3.63, 3.8) is 0 Å². The van der Waals surface area contributed by atoms with Crippen molar-refractivity contribution in [3.8, 4) is 17.2 Å². The maximum Gasteiger partial charge on any atom is 0.277 e. The summed E-state index contributed by atoms with van der Waals surface area (Å²) in [5, 5.41) is 13.8. The van der Waals surface area contributed by atoms with Gasteiger partial charge in [-0.2, -0.15) is 5.10 Å². The van der Waals surface area contributed by atoms with E-state index >= 15 is 0 Å². The molecule has 0 radical (unpaired) electrons. The van der Waals surface area contributed by atoms with Crippen LogP contribution < -0.4 is 14.9 Å². The van der Waals surface area contributed by atoms with Gasteiger partial charge >= 0.3 is 0 Å². The number of methoxy groups -OCH3 is 1. The summed E-state index contributed by atoms with van der Waals surface area (Å²) in [6.07, 6.45) is 1.35. The van der Waals surface area contributed by atoms with Crippen LogP contribution in [-0.2, 0) is 4.79 Å². The SMILES string of the molecule is COc1cccc(C=NNC(=O)COc2ccccc2C(C)C)c1O. The third-order valence-electron chi connectivity index (χ3n) is 3.54. The third-order valence-corrected chi connectivity index (χ3v) is 3.54. The van der Waals surface area contributed by atoms with E-state index in [0.29, 0.717) is 23.0 Å². The summed E-state index contributed by atoms with van der Waals surface area (Å²) >= 11 is 0. The number of nitrogens with one attached hydrogen (secondary N) is 1. The maximum atomic E-state index is 11.9. The van der Waals surface area contributed by atoms with Crippen LogP contribution in [-0.4, -0.2) is 30.9 Å². The van der Waals surface area contributed by atoms with Crippen molar-refractivity contribution in [1.29, 1.82) is 0 Å². The number of amides is 1. The second-order valence-electron chi connectivity index (χ2n) is 5.67. The number of carbonyl (C=O) groups is 1. The zero-order chi connectivity index (χ0) is 18.2. The molecule has 1 amide bonds. The number of carbonyl (C=O) groups excluding carboxylic acids is 1. The van der Waals surface area contributed by atoms with Crippen LogP contribution in [0.3, 0.4) is 0 Å². The van der Waals surface area contributed by atoms with Gasteiger partial charge in [-0.25, -0.2) is 5.43 Å². The number of benzene rings is 2. The summed E-state index contributed by atoms with van der Waals surface area (Å²) in [4.78, 5) is 11.9. The molecule has 0 saturated carbocycles. The van der Waals surface area contributed by atoms with Crippen molar-refractivity contribution in [2.24, 2.45) is 5.10 Å². The molecule has 25 heavy (non-hydrogen) atoms. The molecule has 0 aliphatic heterocycles. The number of aromatic hydroxyl groups is 1. The summed E-state index contributed by atoms with van der Waals surface area (Å²) in [6, 6.07) is 12.6. The molecule has 0 atom stereocenters. The summed E-state index contributed by atoms with van der Waals surface area (Å²) < 4.78 is 10.6. The number of rotatable bonds is 7. The molecular formula is C19H22N2O4. The van der Waals surface area contributed by atoms with Gasteiger partial charge in [0.15, 0.2) is 18.1 Å². The highest BCUT2D eigenvalue weighted by molar-refractivity contribution is 5.86. The molecule has 132 valence electrons. The first-order valence-electron chi connectivity index (χ1n) is 7.92. The monoisotopic (exact) mass is 342 g/mol. The van der Waals surface area contributed by atoms with E-state index < -0.39 is 5.91 Å². The lowest BCUT2D eigenvalue weighted by atomic mass is 10.0. The third kappa shape index (κ3) is 4.97. The highest BCUT2D eigenvalue weighted by atomic mass is 16.5. The fraction of sp³-hybridized carbons (Fsp3) is 0.263. The van der Waals surface area contributed by atoms with Gasteiger partial charge in [0, 0.05) is 5.56 Å². The van der Waals surface area contributed by atoms with Crippen LogP contribution >= 0.6 is 0 Å². The standard InChI is InChI=1S/C19H22N2O4/c1-13(2)15-8-4-5-9-16(15)25-12-18(22)21-20-11-14-7-6-10-17(24-3)19(14)23/h4-11,13,23H,12H2,1-3H3,(H,21,22). The molecule has 0 aliphatic carbocycles. The topological polar surface area (TPSA) is 80.2 Å². The lowest BCUT2D eigenvalue weighted by Crippen LogP contribution is -2.24. The number of phenols is 1. The summed E-state index contributed by atoms with van der Waals surface area (Å²) in [7, 11) is 1.46. The first-order valence-corrected chi connectivity index (χ1v) is 7.92. The second kappa shape index (κ2) is 8.73. The Morgan fingerprint density at radius 3 is 2.64 bits per heavy atom. The van der Waals surface area contributed by atoms with Crippen molar-refractivity contribution in [2.45, 2.75) is 19.8 Å². The number of phenolic OH excluding ortho intramolecular Hbond substituents is 1. The minimum Gasteiger partial charge on any atom is -0.504 e. The van der Waals surface area contributed by atoms with Crippen LogP contribution in [0.1, 0.15) is 30.9 Å². The first-order chi connectivity index (χ1) is 12.0. The Bertz CT molecular complexity index is 757. The van der Waals surface area contributed by atoms with Gasteiger partial charge in [0.25, 0.3) is 5.91 Å². The van der Waals surface area contributed by atoms with Crippen LogP contribution in [0.2, 0.25) is 0 Å². The molecule has 0 saturated heterocycles. The van der Waals surface area contributed by atoms with Crippen LogP contribution in [0.25, 0.3) is 0 Å². The predicted octanol–water partition coefficient (Wildman–Crippen LogP) is 3.05. The van der Waals surface area contributed by atoms with E-state index in [4.69, 9.17) is 9.47 Å². The second-order valence-corrected chi connectivity index (χ2v) is 5.67. The van der Waals surface area contributed by atoms with Gasteiger partial charge in [-0.3, -0.25) is 4.79 Å². The van der Waals surface area contributed by atoms with E-state index in [9.17, 15) is 9.90 Å². The highest BCUT2D eigenvalue weighted by Gasteiger charge is 2.09. The average molecular weight is 342 g/mol. The minimum absolute atomic E-state index is 0.0369. The molecule has 0 heterocycles. The van der Waals surface area contributed by atoms with E-state index in [1.54, 1.807) is 18.2 Å². The van der Waals surface area contributed by atoms with Crippen molar-refractivity contribution in [3.05, 3.63) is 53.6 Å². The van der Waals surface area contributed by atoms with Crippen molar-refractivity contribution in [2.75, 3.05) is 13.7 Å². The fourth-order valence-electron chi connectivity index (χ4n) is 2.25. The van der Waals surface area contributed by atoms with Gasteiger partial charge in [-0.05, 0) is 29.7 Å². The van der Waals surface area contributed by atoms with Crippen LogP contribution in [0.5, 0.6) is 17.2 Å². The quantitative estimate of drug-likeness (QED) is 0.599. The molecule has 2 aromatic carbocycles. The van der Waals surface area contributed by atoms with Gasteiger partial charge < -0.3 is 14.6 Å². The van der Waals surface area contributed by atoms with Crippen LogP contribution in [0, 0.1) is 0 Å². The van der Waals surface area contributed by atoms with E-state index in [0.717, 1.165) is 5.56 Å². The van der Waals surface area contributed by atoms with Crippen LogP contribution in [0.15, 0.2) is 47.6 Å². The van der Waals surface area contributed by atoms with Gasteiger partial charge in [0.05, 0.1) is 13.3 Å². The van der Waals surface area contributed by atoms with Gasteiger partial charge in [-0.1, -0.05) is 38.1 Å². The number of para-hydroxylation sites is 2. The minimum atomic E-state index is -0.391. The number of nitrogens with zero attached hydrogens (tertiary/aromatic N) is 1. The molecule has 2 aromatic rings. The van der Waals surface area contributed by atoms with Crippen LogP contribution in [0.4, 0.5) is 0 Å². The molecule has 0 aliphatic rings. The molecule has 2 N–H and O–H groups in total. The number of hydrogen-bond acceptors (Lipinski definition) is 5. The Kier molecular flexibility index (Phi) is 6.39. The summed E-state index contributed by atoms with van der Waals surface area (Å²) in [5.41, 5.74) is 3.85. The Balaban J connectivity index is 1.91. The van der Waals surface area contributed by atoms with E-state index in [1.165, 1.54) is 13.3 Å². The smallest absolute Gasteiger partial charge is 0.277 e. The van der Waals surface area contributed by atoms with Gasteiger partial charge in [0.2, 0.25) is 0 Å². The van der Waals surface area contributed by atoms with E-state index in [1.807, 2.05) is 24.3 Å². The van der Waals surface area contributed by atoms with E-state index in [2.05, 4.69) is 24.4 Å². The first kappa shape index (κ1) is 18.3. The molecule has 0 unspecified atom stereocenters. The predicted molar refractivity (Wildman–Crippen MR) is 96.4 cm³/mol. The van der Waals surface area contributed by atoms with Gasteiger partial charge in [0.1, 0.15) is 5.75 Å². The molecule has 0 spiro atoms. The molecule has 6 nitrogen and oxygen atoms in total. The maximum absolute atomic E-state index is 11.9. The highest BCUT2D eigenvalue weighted by Crippen LogP contribution is 2.28. The molecule has 6 heteroatoms. The molecule has 2 rings (SSSR count). The number of hydrogen-bond donors (Lipinski definition) is 2. The Hall–Kier alpha value is -3.02. The normalized spacial score (nSPS) is 10.9. The van der Waals surface area contributed by atoms with Gasteiger partial charge in [-0.15, -0.1) is 0 Å². The lowest BCUT2D eigenvalue weighted by molar-refractivity contribution is -0.123. The Morgan fingerprint density at radius 2 is 1.92 bits per heavy atom. The van der Waals surface area contributed by atoms with Crippen molar-refractivity contribution < 1.29 is 19.4 Å². The largest absolute Gasteiger partial charge is 0.504 e. The lowest BCUT2D eigenvalue weighted by Gasteiger charge is -2.13. The average Bonchev–Trinajstić information content (AvgIpc) is 2.61. The molecular weight excluding hydrogens is 320 g/mol. The van der Waals surface area contributed by atoms with Crippen molar-refractivity contribution >= 4 is 12.1 Å². The Morgan fingerprint density at radius 1 is 1.20 bits per heavy atom. The molecule has 0 bridgehead atoms. The zero-order valence-electron chi connectivity index (χ0n) is 14.5. The fourth-order valence-corrected chi connectivity index (χ4v) is 2.25. The number of hydrazone groups is 1. The molecule has 0 aromatic heterocycles. The van der Waals surface area contributed by atoms with E-state index in [-0.39, 0.29) is 12.4 Å². The number of ether oxygens (including phenoxy) is 2. The summed E-state index contributed by atoms with van der Waals surface area (Å²) in [6.45, 7) is 3.98. The Labute approximate surface area is 147 Å². The zero-order valence-corrected chi connectivity index (χ0v) is 14.5.